The van der Waals surface area contributed by atoms with E-state index in [0.29, 0.717) is 24.2 Å². The molecular formula is C13H18FN3OS. The number of hydrogen-bond donors (Lipinski definition) is 2. The highest BCUT2D eigenvalue weighted by atomic mass is 32.1. The Morgan fingerprint density at radius 3 is 2.79 bits per heavy atom. The standard InChI is InChI=1S/C13H18FN3OS/c1-3-16-12(18)8-17(2)7-10-6-9(13(15)19)4-5-11(10)14/h4-6H,3,7-8H2,1-2H3,(H2,15,19)(H,16,18). The van der Waals surface area contributed by atoms with Gasteiger partial charge in [-0.05, 0) is 32.2 Å². The van der Waals surface area contributed by atoms with Gasteiger partial charge < -0.3 is 11.1 Å². The first-order chi connectivity index (χ1) is 8.93. The molecule has 1 rings (SSSR count). The van der Waals surface area contributed by atoms with Crippen molar-refractivity contribution in [2.24, 2.45) is 5.73 Å². The number of benzene rings is 1. The lowest BCUT2D eigenvalue weighted by atomic mass is 10.1. The lowest BCUT2D eigenvalue weighted by molar-refractivity contribution is -0.121. The Hall–Kier alpha value is -1.53. The summed E-state index contributed by atoms with van der Waals surface area (Å²) in [6.45, 7) is 2.96. The molecule has 0 aliphatic carbocycles. The monoisotopic (exact) mass is 283 g/mol. The van der Waals surface area contributed by atoms with Gasteiger partial charge in [0.2, 0.25) is 5.91 Å². The Bertz CT molecular complexity index is 479. The van der Waals surface area contributed by atoms with Crippen LogP contribution in [-0.4, -0.2) is 35.9 Å². The Morgan fingerprint density at radius 2 is 2.21 bits per heavy atom. The van der Waals surface area contributed by atoms with E-state index in [1.807, 2.05) is 6.92 Å². The number of nitrogens with zero attached hydrogens (tertiary/aromatic N) is 1. The highest BCUT2D eigenvalue weighted by molar-refractivity contribution is 7.80. The number of amides is 1. The number of halogens is 1. The predicted molar refractivity (Wildman–Crippen MR) is 77.3 cm³/mol. The maximum atomic E-state index is 13.7. The summed E-state index contributed by atoms with van der Waals surface area (Å²) in [6.07, 6.45) is 0. The molecule has 0 spiro atoms. The van der Waals surface area contributed by atoms with Crippen LogP contribution in [0.3, 0.4) is 0 Å². The molecule has 6 heteroatoms. The van der Waals surface area contributed by atoms with Gasteiger partial charge in [-0.1, -0.05) is 12.2 Å². The average molecular weight is 283 g/mol. The fourth-order valence-corrected chi connectivity index (χ4v) is 1.82. The summed E-state index contributed by atoms with van der Waals surface area (Å²) in [5, 5.41) is 2.69. The lowest BCUT2D eigenvalue weighted by Gasteiger charge is -2.17. The van der Waals surface area contributed by atoms with E-state index in [-0.39, 0.29) is 23.3 Å². The fourth-order valence-electron chi connectivity index (χ4n) is 1.69. The number of likely N-dealkylation sites (N-methyl/N-ethyl adjacent to an activating group) is 2. The third kappa shape index (κ3) is 4.92. The van der Waals surface area contributed by atoms with Crippen LogP contribution in [0.1, 0.15) is 18.1 Å². The first-order valence-electron chi connectivity index (χ1n) is 5.97. The molecule has 0 saturated carbocycles. The Labute approximate surface area is 117 Å². The van der Waals surface area contributed by atoms with E-state index in [1.165, 1.54) is 6.07 Å². The van der Waals surface area contributed by atoms with E-state index < -0.39 is 0 Å². The minimum absolute atomic E-state index is 0.0871. The highest BCUT2D eigenvalue weighted by Gasteiger charge is 2.10. The van der Waals surface area contributed by atoms with E-state index in [9.17, 15) is 9.18 Å². The van der Waals surface area contributed by atoms with Gasteiger partial charge in [0.1, 0.15) is 10.8 Å². The van der Waals surface area contributed by atoms with Gasteiger partial charge >= 0.3 is 0 Å². The molecule has 0 bridgehead atoms. The highest BCUT2D eigenvalue weighted by Crippen LogP contribution is 2.12. The second-order valence-corrected chi connectivity index (χ2v) is 4.74. The fraction of sp³-hybridized carbons (Fsp3) is 0.385. The van der Waals surface area contributed by atoms with Crippen LogP contribution >= 0.6 is 12.2 Å². The topological polar surface area (TPSA) is 58.4 Å². The van der Waals surface area contributed by atoms with Crippen molar-refractivity contribution in [1.82, 2.24) is 10.2 Å². The summed E-state index contributed by atoms with van der Waals surface area (Å²) in [7, 11) is 1.75. The number of nitrogens with two attached hydrogens (primary N) is 1. The number of nitrogens with one attached hydrogen (secondary N) is 1. The molecule has 0 radical (unpaired) electrons. The van der Waals surface area contributed by atoms with Crippen molar-refractivity contribution in [3.05, 3.63) is 35.1 Å². The molecule has 4 nitrogen and oxygen atoms in total. The van der Waals surface area contributed by atoms with Gasteiger partial charge in [0.05, 0.1) is 6.54 Å². The zero-order valence-corrected chi connectivity index (χ0v) is 11.9. The molecular weight excluding hydrogens is 265 g/mol. The maximum absolute atomic E-state index is 13.7. The van der Waals surface area contributed by atoms with Crippen molar-refractivity contribution in [2.45, 2.75) is 13.5 Å². The van der Waals surface area contributed by atoms with Crippen molar-refractivity contribution < 1.29 is 9.18 Å². The van der Waals surface area contributed by atoms with Crippen LogP contribution in [0.5, 0.6) is 0 Å². The van der Waals surface area contributed by atoms with Gasteiger partial charge in [0.25, 0.3) is 0 Å². The summed E-state index contributed by atoms with van der Waals surface area (Å²) in [6, 6.07) is 4.50. The molecule has 1 aromatic rings. The molecule has 0 aliphatic rings. The largest absolute Gasteiger partial charge is 0.389 e. The number of rotatable bonds is 6. The lowest BCUT2D eigenvalue weighted by Crippen LogP contribution is -2.34. The Kier molecular flexibility index (Phi) is 5.85. The molecule has 1 aromatic carbocycles. The van der Waals surface area contributed by atoms with Crippen molar-refractivity contribution in [3.8, 4) is 0 Å². The van der Waals surface area contributed by atoms with E-state index in [1.54, 1.807) is 24.1 Å². The minimum Gasteiger partial charge on any atom is -0.389 e. The Balaban J connectivity index is 2.73. The number of hydrogen-bond acceptors (Lipinski definition) is 3. The molecule has 0 heterocycles. The van der Waals surface area contributed by atoms with Crippen molar-refractivity contribution >= 4 is 23.1 Å². The number of carbonyl (C=O) groups excluding carboxylic acids is 1. The summed E-state index contributed by atoms with van der Waals surface area (Å²) >= 11 is 4.86. The predicted octanol–water partition coefficient (Wildman–Crippen LogP) is 1.03. The van der Waals surface area contributed by atoms with Crippen molar-refractivity contribution in [2.75, 3.05) is 20.1 Å². The third-order valence-electron chi connectivity index (χ3n) is 2.56. The molecule has 0 atom stereocenters. The molecule has 0 fully saturated rings. The summed E-state index contributed by atoms with van der Waals surface area (Å²) in [5.74, 6) is -0.418. The van der Waals surface area contributed by atoms with Crippen LogP contribution in [0.2, 0.25) is 0 Å². The molecule has 0 aromatic heterocycles. The first-order valence-corrected chi connectivity index (χ1v) is 6.38. The summed E-state index contributed by atoms with van der Waals surface area (Å²) < 4.78 is 13.7. The van der Waals surface area contributed by atoms with Crippen LogP contribution in [0.25, 0.3) is 0 Å². The quantitative estimate of drug-likeness (QED) is 0.766. The molecule has 0 aliphatic heterocycles. The van der Waals surface area contributed by atoms with Gasteiger partial charge in [0, 0.05) is 24.2 Å². The normalized spacial score (nSPS) is 10.5. The molecule has 19 heavy (non-hydrogen) atoms. The summed E-state index contributed by atoms with van der Waals surface area (Å²) in [5.41, 5.74) is 6.61. The summed E-state index contributed by atoms with van der Waals surface area (Å²) in [4.78, 5) is 13.4. The van der Waals surface area contributed by atoms with Crippen LogP contribution in [0.15, 0.2) is 18.2 Å². The van der Waals surface area contributed by atoms with Gasteiger partial charge in [-0.15, -0.1) is 0 Å². The molecule has 0 saturated heterocycles. The molecule has 1 amide bonds. The number of carbonyl (C=O) groups is 1. The Morgan fingerprint density at radius 1 is 1.53 bits per heavy atom. The van der Waals surface area contributed by atoms with Gasteiger partial charge in [-0.2, -0.15) is 0 Å². The molecule has 3 N–H and O–H groups in total. The van der Waals surface area contributed by atoms with Gasteiger partial charge in [-0.25, -0.2) is 4.39 Å². The third-order valence-corrected chi connectivity index (χ3v) is 2.79. The SMILES string of the molecule is CCNC(=O)CN(C)Cc1cc(C(N)=S)ccc1F. The van der Waals surface area contributed by atoms with E-state index in [2.05, 4.69) is 5.32 Å². The van der Waals surface area contributed by atoms with Gasteiger partial charge in [0.15, 0.2) is 0 Å². The molecule has 104 valence electrons. The second kappa shape index (κ2) is 7.16. The maximum Gasteiger partial charge on any atom is 0.234 e. The smallest absolute Gasteiger partial charge is 0.234 e. The van der Waals surface area contributed by atoms with Crippen LogP contribution in [0, 0.1) is 5.82 Å². The van der Waals surface area contributed by atoms with Crippen LogP contribution in [0.4, 0.5) is 4.39 Å². The van der Waals surface area contributed by atoms with E-state index >= 15 is 0 Å². The number of thiocarbonyl (C=S) groups is 1. The second-order valence-electron chi connectivity index (χ2n) is 4.30. The van der Waals surface area contributed by atoms with Gasteiger partial charge in [-0.3, -0.25) is 9.69 Å². The minimum atomic E-state index is -0.331. The van der Waals surface area contributed by atoms with Crippen LogP contribution < -0.4 is 11.1 Å². The average Bonchev–Trinajstić information content (AvgIpc) is 2.31. The zero-order chi connectivity index (χ0) is 14.4. The zero-order valence-electron chi connectivity index (χ0n) is 11.1. The first kappa shape index (κ1) is 15.5. The molecule has 0 unspecified atom stereocenters. The van der Waals surface area contributed by atoms with Crippen LogP contribution in [-0.2, 0) is 11.3 Å². The van der Waals surface area contributed by atoms with Crippen molar-refractivity contribution in [1.29, 1.82) is 0 Å². The van der Waals surface area contributed by atoms with E-state index in [0.717, 1.165) is 0 Å². The van der Waals surface area contributed by atoms with E-state index in [4.69, 9.17) is 18.0 Å². The van der Waals surface area contributed by atoms with Crippen molar-refractivity contribution in [3.63, 3.8) is 0 Å².